The van der Waals surface area contributed by atoms with Crippen LogP contribution in [0.25, 0.3) is 0 Å². The minimum absolute atomic E-state index is 0.0371. The smallest absolute Gasteiger partial charge is 0.254 e. The highest BCUT2D eigenvalue weighted by molar-refractivity contribution is 5.95. The van der Waals surface area contributed by atoms with Crippen molar-refractivity contribution in [1.82, 2.24) is 15.3 Å². The summed E-state index contributed by atoms with van der Waals surface area (Å²) in [6, 6.07) is 0.180. The van der Waals surface area contributed by atoms with Crippen molar-refractivity contribution in [3.8, 4) is 0 Å². The summed E-state index contributed by atoms with van der Waals surface area (Å²) in [4.78, 5) is 22.2. The molecular weight excluding hydrogens is 340 g/mol. The SMILES string of the molecule is NCc1ncc(C(=O)N[C@H]2C3CC4CC2C[C@@](O)(C4)C3)c(C2CCCC2)n1. The van der Waals surface area contributed by atoms with Crippen LogP contribution in [-0.4, -0.2) is 32.6 Å². The average molecular weight is 370 g/mol. The third kappa shape index (κ3) is 3.07. The third-order valence-corrected chi connectivity index (χ3v) is 7.58. The molecule has 5 saturated carbocycles. The largest absolute Gasteiger partial charge is 0.390 e. The van der Waals surface area contributed by atoms with Gasteiger partial charge in [-0.1, -0.05) is 12.8 Å². The minimum Gasteiger partial charge on any atom is -0.390 e. The zero-order valence-electron chi connectivity index (χ0n) is 15.9. The summed E-state index contributed by atoms with van der Waals surface area (Å²) in [5, 5.41) is 14.1. The van der Waals surface area contributed by atoms with Gasteiger partial charge >= 0.3 is 0 Å². The van der Waals surface area contributed by atoms with Gasteiger partial charge in [0.2, 0.25) is 0 Å². The van der Waals surface area contributed by atoms with E-state index in [2.05, 4.69) is 15.3 Å². The van der Waals surface area contributed by atoms with Crippen molar-refractivity contribution < 1.29 is 9.90 Å². The van der Waals surface area contributed by atoms with Gasteiger partial charge in [0.1, 0.15) is 5.82 Å². The zero-order chi connectivity index (χ0) is 18.6. The predicted molar refractivity (Wildman–Crippen MR) is 101 cm³/mol. The Labute approximate surface area is 160 Å². The van der Waals surface area contributed by atoms with Crippen molar-refractivity contribution in [3.05, 3.63) is 23.3 Å². The monoisotopic (exact) mass is 370 g/mol. The van der Waals surface area contributed by atoms with Crippen molar-refractivity contribution in [2.24, 2.45) is 23.5 Å². The molecule has 2 unspecified atom stereocenters. The summed E-state index contributed by atoms with van der Waals surface area (Å²) in [5.74, 6) is 2.38. The second-order valence-corrected chi connectivity index (χ2v) is 9.46. The standard InChI is InChI=1S/C21H30N4O2/c22-10-17-23-11-16(19(24-17)13-3-1-2-4-13)20(26)25-18-14-5-12-6-15(18)9-21(27,7-12)8-14/h11-15,18,27H,1-10,22H2,(H,25,26)/t12?,14?,15?,18-,21+. The van der Waals surface area contributed by atoms with Crippen molar-refractivity contribution in [1.29, 1.82) is 0 Å². The lowest BCUT2D eigenvalue weighted by Gasteiger charge is -2.58. The summed E-state index contributed by atoms with van der Waals surface area (Å²) in [6.07, 6.45) is 11.2. The lowest BCUT2D eigenvalue weighted by atomic mass is 9.52. The van der Waals surface area contributed by atoms with Gasteiger partial charge in [0, 0.05) is 18.2 Å². The quantitative estimate of drug-likeness (QED) is 0.755. The van der Waals surface area contributed by atoms with Crippen molar-refractivity contribution in [2.75, 3.05) is 0 Å². The summed E-state index contributed by atoms with van der Waals surface area (Å²) in [7, 11) is 0. The fourth-order valence-electron chi connectivity index (χ4n) is 6.66. The summed E-state index contributed by atoms with van der Waals surface area (Å²) in [5.41, 5.74) is 6.78. The number of hydrogen-bond donors (Lipinski definition) is 3. The molecule has 4 N–H and O–H groups in total. The number of amides is 1. The third-order valence-electron chi connectivity index (χ3n) is 7.58. The van der Waals surface area contributed by atoms with E-state index >= 15 is 0 Å². The normalized spacial score (nSPS) is 37.7. The number of hydrogen-bond acceptors (Lipinski definition) is 5. The van der Waals surface area contributed by atoms with Crippen molar-refractivity contribution in [3.63, 3.8) is 0 Å². The number of nitrogens with one attached hydrogen (secondary N) is 1. The molecule has 5 aliphatic carbocycles. The van der Waals surface area contributed by atoms with Gasteiger partial charge in [0.05, 0.1) is 23.4 Å². The fourth-order valence-corrected chi connectivity index (χ4v) is 6.66. The van der Waals surface area contributed by atoms with Gasteiger partial charge in [-0.3, -0.25) is 4.79 Å². The second-order valence-electron chi connectivity index (χ2n) is 9.46. The maximum absolute atomic E-state index is 13.2. The first kappa shape index (κ1) is 17.6. The van der Waals surface area contributed by atoms with E-state index in [1.165, 1.54) is 12.8 Å². The Morgan fingerprint density at radius 3 is 2.56 bits per heavy atom. The van der Waals surface area contributed by atoms with Crippen LogP contribution in [0.1, 0.15) is 85.6 Å². The highest BCUT2D eigenvalue weighted by atomic mass is 16.3. The molecule has 0 spiro atoms. The number of nitrogens with zero attached hydrogens (tertiary/aromatic N) is 2. The lowest BCUT2D eigenvalue weighted by molar-refractivity contribution is -0.136. The highest BCUT2D eigenvalue weighted by Gasteiger charge is 2.55. The highest BCUT2D eigenvalue weighted by Crippen LogP contribution is 2.55. The summed E-state index contributed by atoms with van der Waals surface area (Å²) < 4.78 is 0. The summed E-state index contributed by atoms with van der Waals surface area (Å²) >= 11 is 0. The van der Waals surface area contributed by atoms with Crippen molar-refractivity contribution in [2.45, 2.75) is 81.9 Å². The van der Waals surface area contributed by atoms with E-state index < -0.39 is 5.60 Å². The molecule has 6 heteroatoms. The number of nitrogens with two attached hydrogens (primary N) is 1. The van der Waals surface area contributed by atoms with E-state index in [4.69, 9.17) is 5.73 Å². The number of aromatic nitrogens is 2. The second kappa shape index (κ2) is 6.52. The van der Waals surface area contributed by atoms with Gasteiger partial charge in [0.25, 0.3) is 5.91 Å². The van der Waals surface area contributed by atoms with Crippen LogP contribution in [-0.2, 0) is 6.54 Å². The van der Waals surface area contributed by atoms with E-state index in [0.717, 1.165) is 50.6 Å². The lowest BCUT2D eigenvalue weighted by Crippen LogP contribution is -2.61. The van der Waals surface area contributed by atoms with Gasteiger partial charge < -0.3 is 16.2 Å². The van der Waals surface area contributed by atoms with E-state index in [-0.39, 0.29) is 11.9 Å². The Bertz CT molecular complexity index is 730. The number of rotatable bonds is 4. The molecule has 5 fully saturated rings. The molecule has 6 rings (SSSR count). The van der Waals surface area contributed by atoms with Crippen LogP contribution in [0.3, 0.4) is 0 Å². The maximum atomic E-state index is 13.2. The van der Waals surface area contributed by atoms with Crippen LogP contribution in [0.2, 0.25) is 0 Å². The first-order valence-electron chi connectivity index (χ1n) is 10.6. The van der Waals surface area contributed by atoms with Gasteiger partial charge in [-0.2, -0.15) is 0 Å². The molecule has 27 heavy (non-hydrogen) atoms. The Hall–Kier alpha value is -1.53. The van der Waals surface area contributed by atoms with E-state index in [1.807, 2.05) is 0 Å². The average Bonchev–Trinajstić information content (AvgIpc) is 3.17. The Morgan fingerprint density at radius 1 is 1.22 bits per heavy atom. The van der Waals surface area contributed by atoms with Gasteiger partial charge in [-0.25, -0.2) is 9.97 Å². The Morgan fingerprint density at radius 2 is 1.93 bits per heavy atom. The predicted octanol–water partition coefficient (Wildman–Crippen LogP) is 2.26. The molecule has 5 aliphatic rings. The molecule has 1 aromatic heterocycles. The molecule has 6 nitrogen and oxygen atoms in total. The maximum Gasteiger partial charge on any atom is 0.254 e. The zero-order valence-corrected chi connectivity index (χ0v) is 15.9. The van der Waals surface area contributed by atoms with E-state index in [1.54, 1.807) is 6.20 Å². The van der Waals surface area contributed by atoms with E-state index in [9.17, 15) is 9.90 Å². The van der Waals surface area contributed by atoms with Gasteiger partial charge in [-0.15, -0.1) is 0 Å². The Balaban J connectivity index is 1.38. The van der Waals surface area contributed by atoms with Crippen LogP contribution in [0.4, 0.5) is 0 Å². The molecule has 1 heterocycles. The molecule has 1 amide bonds. The fraction of sp³-hybridized carbons (Fsp3) is 0.762. The van der Waals surface area contributed by atoms with Crippen molar-refractivity contribution >= 4 is 5.91 Å². The minimum atomic E-state index is -0.474. The van der Waals surface area contributed by atoms with Gasteiger partial charge in [-0.05, 0) is 62.7 Å². The molecule has 2 atom stereocenters. The van der Waals surface area contributed by atoms with Crippen LogP contribution in [0.5, 0.6) is 0 Å². The molecule has 0 radical (unpaired) electrons. The molecule has 1 aromatic rings. The topological polar surface area (TPSA) is 101 Å². The molecule has 146 valence electrons. The van der Waals surface area contributed by atoms with Crippen LogP contribution in [0.15, 0.2) is 6.20 Å². The van der Waals surface area contributed by atoms with Crippen LogP contribution >= 0.6 is 0 Å². The molecule has 0 saturated heterocycles. The van der Waals surface area contributed by atoms with Crippen LogP contribution in [0, 0.1) is 17.8 Å². The molecule has 4 bridgehead atoms. The number of carbonyl (C=O) groups is 1. The first-order chi connectivity index (χ1) is 13.0. The molecule has 0 aliphatic heterocycles. The molecule has 0 aromatic carbocycles. The first-order valence-corrected chi connectivity index (χ1v) is 10.6. The Kier molecular flexibility index (Phi) is 4.24. The van der Waals surface area contributed by atoms with Crippen LogP contribution < -0.4 is 11.1 Å². The summed E-state index contributed by atoms with van der Waals surface area (Å²) in [6.45, 7) is 0.300. The van der Waals surface area contributed by atoms with Gasteiger partial charge in [0.15, 0.2) is 0 Å². The molecular formula is C21H30N4O2. The number of carbonyl (C=O) groups excluding carboxylic acids is 1. The number of aliphatic hydroxyl groups is 1. The van der Waals surface area contributed by atoms with E-state index in [0.29, 0.717) is 41.6 Å².